The molecule has 0 heterocycles. The van der Waals surface area contributed by atoms with Crippen LogP contribution in [0.3, 0.4) is 0 Å². The highest BCUT2D eigenvalue weighted by atomic mass is 79.9. The molecule has 2 rings (SSSR count). The topological polar surface area (TPSA) is 89.0 Å². The number of carbonyl (C=O) groups excluding carboxylic acids is 2. The first-order chi connectivity index (χ1) is 15.3. The van der Waals surface area contributed by atoms with Crippen molar-refractivity contribution < 1.29 is 19.1 Å². The summed E-state index contributed by atoms with van der Waals surface area (Å²) in [6, 6.07) is 9.27. The quantitative estimate of drug-likeness (QED) is 0.345. The Labute approximate surface area is 201 Å². The van der Waals surface area contributed by atoms with Crippen molar-refractivity contribution in [3.63, 3.8) is 0 Å². The molecular weight excluding hydrogens is 498 g/mol. The largest absolute Gasteiger partial charge is 0.490 e. The number of hydrazone groups is 1. The number of hydrogen-bond donors (Lipinski definition) is 2. The summed E-state index contributed by atoms with van der Waals surface area (Å²) in [6.45, 7) is 8.44. The van der Waals surface area contributed by atoms with Gasteiger partial charge in [-0.3, -0.25) is 9.59 Å². The Morgan fingerprint density at radius 1 is 1.12 bits per heavy atom. The standard InChI is InChI=1S/C23H27BrClN3O4/c1-5-31-19-12-15(11-18(24)21(19)32-6-2)13-26-28-23(30)20(14(3)4)27-22(29)16-7-9-17(25)10-8-16/h7-14,20H,5-6H2,1-4H3,(H,27,29)(H,28,30). The molecule has 0 spiro atoms. The minimum absolute atomic E-state index is 0.148. The minimum atomic E-state index is -0.763. The van der Waals surface area contributed by atoms with E-state index in [9.17, 15) is 9.59 Å². The van der Waals surface area contributed by atoms with E-state index in [0.717, 1.165) is 0 Å². The van der Waals surface area contributed by atoms with Crippen molar-refractivity contribution in [2.24, 2.45) is 11.0 Å². The highest BCUT2D eigenvalue weighted by Crippen LogP contribution is 2.36. The van der Waals surface area contributed by atoms with E-state index in [1.54, 1.807) is 30.3 Å². The first-order valence-electron chi connectivity index (χ1n) is 10.2. The molecule has 9 heteroatoms. The van der Waals surface area contributed by atoms with Crippen LogP contribution in [0, 0.1) is 5.92 Å². The molecule has 2 aromatic rings. The molecular formula is C23H27BrClN3O4. The van der Waals surface area contributed by atoms with Crippen molar-refractivity contribution in [1.29, 1.82) is 0 Å². The van der Waals surface area contributed by atoms with Gasteiger partial charge in [-0.15, -0.1) is 0 Å². The van der Waals surface area contributed by atoms with Crippen molar-refractivity contribution in [2.75, 3.05) is 13.2 Å². The fourth-order valence-corrected chi connectivity index (χ4v) is 3.51. The number of nitrogens with zero attached hydrogens (tertiary/aromatic N) is 1. The van der Waals surface area contributed by atoms with Gasteiger partial charge in [0.15, 0.2) is 11.5 Å². The van der Waals surface area contributed by atoms with E-state index in [1.165, 1.54) is 6.21 Å². The molecule has 2 aromatic carbocycles. The molecule has 172 valence electrons. The predicted octanol–water partition coefficient (Wildman–Crippen LogP) is 4.80. The SMILES string of the molecule is CCOc1cc(C=NNC(=O)C(NC(=O)c2ccc(Cl)cc2)C(C)C)cc(Br)c1OCC. The number of nitrogens with one attached hydrogen (secondary N) is 2. The predicted molar refractivity (Wildman–Crippen MR) is 130 cm³/mol. The van der Waals surface area contributed by atoms with Crippen LogP contribution < -0.4 is 20.2 Å². The average Bonchev–Trinajstić information content (AvgIpc) is 2.74. The average molecular weight is 525 g/mol. The molecule has 0 radical (unpaired) electrons. The normalized spacial score (nSPS) is 12.0. The summed E-state index contributed by atoms with van der Waals surface area (Å²) in [5, 5.41) is 7.32. The fourth-order valence-electron chi connectivity index (χ4n) is 2.81. The molecule has 2 amide bonds. The van der Waals surface area contributed by atoms with Gasteiger partial charge in [0.25, 0.3) is 11.8 Å². The molecule has 2 N–H and O–H groups in total. The van der Waals surface area contributed by atoms with Crippen molar-refractivity contribution >= 4 is 45.6 Å². The second-order valence-corrected chi connectivity index (χ2v) is 8.42. The molecule has 0 bridgehead atoms. The number of ether oxygens (including phenoxy) is 2. The van der Waals surface area contributed by atoms with E-state index in [4.69, 9.17) is 21.1 Å². The molecule has 0 aromatic heterocycles. The summed E-state index contributed by atoms with van der Waals surface area (Å²) in [6.07, 6.45) is 1.50. The van der Waals surface area contributed by atoms with Crippen molar-refractivity contribution in [3.05, 3.63) is 57.0 Å². The van der Waals surface area contributed by atoms with Gasteiger partial charge >= 0.3 is 0 Å². The molecule has 0 saturated heterocycles. The van der Waals surface area contributed by atoms with Crippen LogP contribution >= 0.6 is 27.5 Å². The lowest BCUT2D eigenvalue weighted by atomic mass is 10.0. The molecule has 0 aliphatic heterocycles. The maximum atomic E-state index is 12.7. The van der Waals surface area contributed by atoms with Gasteiger partial charge in [-0.05, 0) is 77.7 Å². The van der Waals surface area contributed by atoms with Gasteiger partial charge in [-0.2, -0.15) is 5.10 Å². The third-order valence-corrected chi connectivity index (χ3v) is 5.19. The van der Waals surface area contributed by atoms with Crippen molar-refractivity contribution in [1.82, 2.24) is 10.7 Å². The summed E-state index contributed by atoms with van der Waals surface area (Å²) < 4.78 is 12.0. The van der Waals surface area contributed by atoms with Crippen LogP contribution in [0.1, 0.15) is 43.6 Å². The first-order valence-corrected chi connectivity index (χ1v) is 11.4. The molecule has 0 aliphatic rings. The number of hydrogen-bond acceptors (Lipinski definition) is 5. The molecule has 0 aliphatic carbocycles. The van der Waals surface area contributed by atoms with E-state index >= 15 is 0 Å². The highest BCUT2D eigenvalue weighted by Gasteiger charge is 2.24. The molecule has 1 unspecified atom stereocenters. The van der Waals surface area contributed by atoms with E-state index in [-0.39, 0.29) is 11.8 Å². The van der Waals surface area contributed by atoms with Gasteiger partial charge in [0.05, 0.1) is 23.9 Å². The number of halogens is 2. The smallest absolute Gasteiger partial charge is 0.262 e. The van der Waals surface area contributed by atoms with E-state index in [0.29, 0.717) is 45.3 Å². The Morgan fingerprint density at radius 2 is 1.78 bits per heavy atom. The van der Waals surface area contributed by atoms with Crippen molar-refractivity contribution in [3.8, 4) is 11.5 Å². The van der Waals surface area contributed by atoms with Gasteiger partial charge in [0.2, 0.25) is 0 Å². The second-order valence-electron chi connectivity index (χ2n) is 7.13. The monoisotopic (exact) mass is 523 g/mol. The van der Waals surface area contributed by atoms with Crippen LogP contribution in [0.25, 0.3) is 0 Å². The summed E-state index contributed by atoms with van der Waals surface area (Å²) in [4.78, 5) is 25.1. The fraction of sp³-hybridized carbons (Fsp3) is 0.348. The Hall–Kier alpha value is -2.58. The van der Waals surface area contributed by atoms with Crippen LogP contribution in [0.5, 0.6) is 11.5 Å². The highest BCUT2D eigenvalue weighted by molar-refractivity contribution is 9.10. The maximum Gasteiger partial charge on any atom is 0.262 e. The zero-order valence-electron chi connectivity index (χ0n) is 18.4. The first kappa shape index (κ1) is 25.7. The molecule has 1 atom stereocenters. The summed E-state index contributed by atoms with van der Waals surface area (Å²) in [7, 11) is 0. The number of amides is 2. The van der Waals surface area contributed by atoms with Gasteiger partial charge in [0.1, 0.15) is 6.04 Å². The molecule has 0 saturated carbocycles. The Balaban J connectivity index is 2.09. The molecule has 32 heavy (non-hydrogen) atoms. The number of carbonyl (C=O) groups is 2. The van der Waals surface area contributed by atoms with Gasteiger partial charge in [-0.25, -0.2) is 5.43 Å². The summed E-state index contributed by atoms with van der Waals surface area (Å²) in [5.74, 6) is 0.252. The Morgan fingerprint density at radius 3 is 2.38 bits per heavy atom. The van der Waals surface area contributed by atoms with Crippen molar-refractivity contribution in [2.45, 2.75) is 33.7 Å². The third-order valence-electron chi connectivity index (χ3n) is 4.35. The van der Waals surface area contributed by atoms with E-state index < -0.39 is 11.9 Å². The Kier molecular flexibility index (Phi) is 9.99. The van der Waals surface area contributed by atoms with Gasteiger partial charge < -0.3 is 14.8 Å². The second kappa shape index (κ2) is 12.5. The van der Waals surface area contributed by atoms with Crippen LogP contribution in [-0.4, -0.2) is 37.3 Å². The van der Waals surface area contributed by atoms with Crippen LogP contribution in [0.4, 0.5) is 0 Å². The van der Waals surface area contributed by atoms with Crippen LogP contribution in [0.15, 0.2) is 46.0 Å². The van der Waals surface area contributed by atoms with Gasteiger partial charge in [0, 0.05) is 10.6 Å². The van der Waals surface area contributed by atoms with E-state index in [2.05, 4.69) is 31.8 Å². The number of benzene rings is 2. The van der Waals surface area contributed by atoms with Crippen LogP contribution in [0.2, 0.25) is 5.02 Å². The lowest BCUT2D eigenvalue weighted by molar-refractivity contribution is -0.123. The molecule has 7 nitrogen and oxygen atoms in total. The number of rotatable bonds is 10. The summed E-state index contributed by atoms with van der Waals surface area (Å²) in [5.41, 5.74) is 3.62. The zero-order valence-corrected chi connectivity index (χ0v) is 20.8. The third kappa shape index (κ3) is 7.24. The lowest BCUT2D eigenvalue weighted by Crippen LogP contribution is -2.48. The molecule has 0 fully saturated rings. The summed E-state index contributed by atoms with van der Waals surface area (Å²) >= 11 is 9.34. The lowest BCUT2D eigenvalue weighted by Gasteiger charge is -2.20. The van der Waals surface area contributed by atoms with Crippen LogP contribution in [-0.2, 0) is 4.79 Å². The maximum absolute atomic E-state index is 12.7. The zero-order chi connectivity index (χ0) is 23.7. The van der Waals surface area contributed by atoms with E-state index in [1.807, 2.05) is 33.8 Å². The minimum Gasteiger partial charge on any atom is -0.490 e. The van der Waals surface area contributed by atoms with Gasteiger partial charge in [-0.1, -0.05) is 25.4 Å². The Bertz CT molecular complexity index is 964.